The van der Waals surface area contributed by atoms with E-state index in [0.29, 0.717) is 6.61 Å². The second-order valence-electron chi connectivity index (χ2n) is 6.36. The molecule has 0 radical (unpaired) electrons. The van der Waals surface area contributed by atoms with Gasteiger partial charge in [0, 0.05) is 12.2 Å². The van der Waals surface area contributed by atoms with Crippen LogP contribution in [0.4, 0.5) is 10.1 Å². The van der Waals surface area contributed by atoms with Crippen LogP contribution in [0.15, 0.2) is 65.1 Å². The molecule has 0 aliphatic carbocycles. The highest BCUT2D eigenvalue weighted by atomic mass is 79.9. The first-order chi connectivity index (χ1) is 12.5. The van der Waals surface area contributed by atoms with E-state index < -0.39 is 0 Å². The molecule has 0 aliphatic heterocycles. The Kier molecular flexibility index (Phi) is 5.94. The summed E-state index contributed by atoms with van der Waals surface area (Å²) in [5.74, 6) is 0.488. The van der Waals surface area contributed by atoms with Gasteiger partial charge < -0.3 is 10.1 Å². The van der Waals surface area contributed by atoms with Crippen molar-refractivity contribution in [3.05, 3.63) is 93.2 Å². The second-order valence-corrected chi connectivity index (χ2v) is 7.21. The number of aryl methyl sites for hydroxylation is 2. The van der Waals surface area contributed by atoms with Crippen molar-refractivity contribution in [1.29, 1.82) is 0 Å². The largest absolute Gasteiger partial charge is 0.488 e. The molecule has 134 valence electrons. The number of hydrogen-bond donors (Lipinski definition) is 1. The van der Waals surface area contributed by atoms with Crippen molar-refractivity contribution in [2.75, 3.05) is 5.32 Å². The maximum atomic E-state index is 13.2. The number of benzene rings is 3. The number of halogens is 2. The van der Waals surface area contributed by atoms with Gasteiger partial charge in [-0.15, -0.1) is 0 Å². The van der Waals surface area contributed by atoms with Crippen molar-refractivity contribution in [2.24, 2.45) is 0 Å². The Balaban J connectivity index is 1.61. The smallest absolute Gasteiger partial charge is 0.134 e. The summed E-state index contributed by atoms with van der Waals surface area (Å²) in [4.78, 5) is 0. The Bertz CT molecular complexity index is 910. The molecule has 0 aromatic heterocycles. The van der Waals surface area contributed by atoms with Crippen LogP contribution in [-0.4, -0.2) is 0 Å². The van der Waals surface area contributed by atoms with Crippen LogP contribution in [0, 0.1) is 19.7 Å². The van der Waals surface area contributed by atoms with Crippen molar-refractivity contribution in [1.82, 2.24) is 0 Å². The summed E-state index contributed by atoms with van der Waals surface area (Å²) in [6, 6.07) is 18.8. The summed E-state index contributed by atoms with van der Waals surface area (Å²) in [6.07, 6.45) is 0. The minimum absolute atomic E-state index is 0.252. The molecular formula is C22H21BrFNO. The lowest BCUT2D eigenvalue weighted by molar-refractivity contribution is 0.303. The van der Waals surface area contributed by atoms with Crippen molar-refractivity contribution < 1.29 is 9.13 Å². The normalized spacial score (nSPS) is 10.6. The molecule has 0 aliphatic rings. The molecule has 0 saturated carbocycles. The molecule has 0 bridgehead atoms. The van der Waals surface area contributed by atoms with Gasteiger partial charge in [-0.2, -0.15) is 0 Å². The third-order valence-electron chi connectivity index (χ3n) is 4.14. The molecule has 3 rings (SSSR count). The number of nitrogens with one attached hydrogen (secondary N) is 1. The number of ether oxygens (including phenoxy) is 1. The van der Waals surface area contributed by atoms with E-state index in [-0.39, 0.29) is 5.82 Å². The van der Waals surface area contributed by atoms with Gasteiger partial charge in [0.05, 0.1) is 4.47 Å². The van der Waals surface area contributed by atoms with Crippen LogP contribution >= 0.6 is 15.9 Å². The molecule has 3 aromatic rings. The Hall–Kier alpha value is -2.33. The first-order valence-electron chi connectivity index (χ1n) is 8.48. The molecule has 0 amide bonds. The average molecular weight is 414 g/mol. The maximum Gasteiger partial charge on any atom is 0.134 e. The summed E-state index contributed by atoms with van der Waals surface area (Å²) >= 11 is 3.56. The van der Waals surface area contributed by atoms with E-state index in [1.54, 1.807) is 6.07 Å². The average Bonchev–Trinajstić information content (AvgIpc) is 2.60. The molecule has 0 spiro atoms. The first-order valence-corrected chi connectivity index (χ1v) is 9.27. The minimum atomic E-state index is -0.252. The highest BCUT2D eigenvalue weighted by Crippen LogP contribution is 2.27. The third-order valence-corrected chi connectivity index (χ3v) is 4.76. The van der Waals surface area contributed by atoms with Crippen LogP contribution in [0.25, 0.3) is 0 Å². The van der Waals surface area contributed by atoms with Crippen molar-refractivity contribution in [3.8, 4) is 5.75 Å². The van der Waals surface area contributed by atoms with Crippen molar-refractivity contribution >= 4 is 21.6 Å². The van der Waals surface area contributed by atoms with Crippen LogP contribution < -0.4 is 10.1 Å². The molecule has 2 nitrogen and oxygen atoms in total. The summed E-state index contributed by atoms with van der Waals surface area (Å²) in [5, 5.41) is 3.46. The fraction of sp³-hybridized carbons (Fsp3) is 0.182. The van der Waals surface area contributed by atoms with Gasteiger partial charge >= 0.3 is 0 Å². The van der Waals surface area contributed by atoms with Gasteiger partial charge in [-0.25, -0.2) is 4.39 Å². The summed E-state index contributed by atoms with van der Waals surface area (Å²) in [7, 11) is 0. The molecule has 0 saturated heterocycles. The van der Waals surface area contributed by atoms with E-state index >= 15 is 0 Å². The summed E-state index contributed by atoms with van der Waals surface area (Å²) in [6.45, 7) is 5.26. The standard InChI is InChI=1S/C22H21BrFNO/c1-15-6-8-21(16(2)10-15)25-13-17-7-9-22(20(23)12-17)26-14-18-4-3-5-19(24)11-18/h3-12,25H,13-14H2,1-2H3. The molecule has 26 heavy (non-hydrogen) atoms. The molecule has 0 fully saturated rings. The highest BCUT2D eigenvalue weighted by Gasteiger charge is 2.05. The number of anilines is 1. The molecule has 0 unspecified atom stereocenters. The lowest BCUT2D eigenvalue weighted by Crippen LogP contribution is -2.02. The fourth-order valence-corrected chi connectivity index (χ4v) is 3.31. The van der Waals surface area contributed by atoms with E-state index in [9.17, 15) is 4.39 Å². The third kappa shape index (κ3) is 4.85. The lowest BCUT2D eigenvalue weighted by Gasteiger charge is -2.13. The maximum absolute atomic E-state index is 13.2. The minimum Gasteiger partial charge on any atom is -0.488 e. The monoisotopic (exact) mass is 413 g/mol. The zero-order valence-electron chi connectivity index (χ0n) is 14.9. The van der Waals surface area contributed by atoms with Crippen LogP contribution in [-0.2, 0) is 13.2 Å². The lowest BCUT2D eigenvalue weighted by atomic mass is 10.1. The van der Waals surface area contributed by atoms with Crippen LogP contribution in [0.5, 0.6) is 5.75 Å². The van der Waals surface area contributed by atoms with E-state index in [4.69, 9.17) is 4.74 Å². The predicted octanol–water partition coefficient (Wildman–Crippen LogP) is 6.40. The highest BCUT2D eigenvalue weighted by molar-refractivity contribution is 9.10. The van der Waals surface area contributed by atoms with Gasteiger partial charge in [-0.1, -0.05) is 35.9 Å². The van der Waals surface area contributed by atoms with E-state index in [0.717, 1.165) is 33.6 Å². The zero-order valence-corrected chi connectivity index (χ0v) is 16.4. The van der Waals surface area contributed by atoms with E-state index in [1.165, 1.54) is 23.3 Å². The van der Waals surface area contributed by atoms with Gasteiger partial charge in [0.25, 0.3) is 0 Å². The Morgan fingerprint density at radius 1 is 0.962 bits per heavy atom. The number of rotatable bonds is 6. The second kappa shape index (κ2) is 8.37. The molecule has 0 atom stereocenters. The Morgan fingerprint density at radius 3 is 2.54 bits per heavy atom. The van der Waals surface area contributed by atoms with Crippen LogP contribution in [0.3, 0.4) is 0 Å². The van der Waals surface area contributed by atoms with E-state index in [2.05, 4.69) is 53.3 Å². The predicted molar refractivity (Wildman–Crippen MR) is 108 cm³/mol. The van der Waals surface area contributed by atoms with Crippen molar-refractivity contribution in [3.63, 3.8) is 0 Å². The van der Waals surface area contributed by atoms with Gasteiger partial charge in [-0.3, -0.25) is 0 Å². The number of hydrogen-bond acceptors (Lipinski definition) is 2. The molecule has 3 aromatic carbocycles. The van der Waals surface area contributed by atoms with Gasteiger partial charge in [0.15, 0.2) is 0 Å². The van der Waals surface area contributed by atoms with Crippen LogP contribution in [0.2, 0.25) is 0 Å². The summed E-state index contributed by atoms with van der Waals surface area (Å²) < 4.78 is 19.9. The zero-order chi connectivity index (χ0) is 18.5. The van der Waals surface area contributed by atoms with Crippen LogP contribution in [0.1, 0.15) is 22.3 Å². The van der Waals surface area contributed by atoms with Gasteiger partial charge in [0.1, 0.15) is 18.2 Å². The van der Waals surface area contributed by atoms with Gasteiger partial charge in [-0.05, 0) is 76.8 Å². The molecule has 1 N–H and O–H groups in total. The SMILES string of the molecule is Cc1ccc(NCc2ccc(OCc3cccc(F)c3)c(Br)c2)c(C)c1. The molecule has 0 heterocycles. The Morgan fingerprint density at radius 2 is 1.81 bits per heavy atom. The Labute approximate surface area is 162 Å². The van der Waals surface area contributed by atoms with E-state index in [1.807, 2.05) is 24.3 Å². The summed E-state index contributed by atoms with van der Waals surface area (Å²) in [5.41, 5.74) is 5.58. The fourth-order valence-electron chi connectivity index (χ4n) is 2.77. The van der Waals surface area contributed by atoms with Gasteiger partial charge in [0.2, 0.25) is 0 Å². The molecule has 4 heteroatoms. The molecular weight excluding hydrogens is 393 g/mol. The topological polar surface area (TPSA) is 21.3 Å². The quantitative estimate of drug-likeness (QED) is 0.504. The first kappa shape index (κ1) is 18.5. The van der Waals surface area contributed by atoms with Crippen molar-refractivity contribution in [2.45, 2.75) is 27.0 Å².